The van der Waals surface area contributed by atoms with Gasteiger partial charge in [0.25, 0.3) is 5.91 Å². The van der Waals surface area contributed by atoms with E-state index in [-0.39, 0.29) is 17.2 Å². The van der Waals surface area contributed by atoms with Crippen LogP contribution >= 0.6 is 0 Å². The normalized spacial score (nSPS) is 21.2. The molecule has 1 atom stereocenters. The van der Waals surface area contributed by atoms with Gasteiger partial charge in [-0.1, -0.05) is 13.0 Å². The summed E-state index contributed by atoms with van der Waals surface area (Å²) in [5.41, 5.74) is 7.08. The molecular weight excluding hydrogens is 292 g/mol. The zero-order chi connectivity index (χ0) is 16.9. The van der Waals surface area contributed by atoms with Gasteiger partial charge in [-0.15, -0.1) is 0 Å². The Labute approximate surface area is 137 Å². The molecule has 1 aliphatic heterocycles. The van der Waals surface area contributed by atoms with Crippen LogP contribution in [0.15, 0.2) is 24.3 Å². The number of amides is 2. The highest BCUT2D eigenvalue weighted by atomic mass is 16.2. The number of carbonyl (C=O) groups is 2. The molecule has 4 N–H and O–H groups in total. The molecule has 126 valence electrons. The lowest BCUT2D eigenvalue weighted by Crippen LogP contribution is -2.35. The zero-order valence-electron chi connectivity index (χ0n) is 13.9. The van der Waals surface area contributed by atoms with E-state index in [1.807, 2.05) is 6.92 Å². The Morgan fingerprint density at radius 1 is 1.39 bits per heavy atom. The summed E-state index contributed by atoms with van der Waals surface area (Å²) in [6.07, 6.45) is 1.02. The van der Waals surface area contributed by atoms with E-state index in [2.05, 4.69) is 22.5 Å². The fourth-order valence-electron chi connectivity index (χ4n) is 2.83. The topological polar surface area (TPSA) is 87.5 Å². The minimum atomic E-state index is -0.137. The SMILES string of the molecule is CCNC(=O)c1cccc(NC(=O)CN2CCC(C)(CN)C2)c1. The van der Waals surface area contributed by atoms with Crippen LogP contribution in [0.1, 0.15) is 30.6 Å². The predicted molar refractivity (Wildman–Crippen MR) is 91.3 cm³/mol. The summed E-state index contributed by atoms with van der Waals surface area (Å²) in [4.78, 5) is 26.1. The molecule has 2 rings (SSSR count). The molecule has 0 bridgehead atoms. The summed E-state index contributed by atoms with van der Waals surface area (Å²) in [5.74, 6) is -0.207. The fourth-order valence-corrected chi connectivity index (χ4v) is 2.83. The van der Waals surface area contributed by atoms with Crippen molar-refractivity contribution >= 4 is 17.5 Å². The zero-order valence-corrected chi connectivity index (χ0v) is 13.9. The summed E-state index contributed by atoms with van der Waals surface area (Å²) >= 11 is 0. The first kappa shape index (κ1) is 17.4. The molecule has 1 unspecified atom stereocenters. The molecule has 6 heteroatoms. The predicted octanol–water partition coefficient (Wildman–Crippen LogP) is 1.05. The molecule has 1 aromatic carbocycles. The van der Waals surface area contributed by atoms with E-state index < -0.39 is 0 Å². The molecule has 2 amide bonds. The lowest BCUT2D eigenvalue weighted by Gasteiger charge is -2.22. The van der Waals surface area contributed by atoms with Crippen molar-refractivity contribution in [3.8, 4) is 0 Å². The average molecular weight is 318 g/mol. The van der Waals surface area contributed by atoms with Crippen molar-refractivity contribution in [3.05, 3.63) is 29.8 Å². The van der Waals surface area contributed by atoms with Gasteiger partial charge in [-0.25, -0.2) is 0 Å². The summed E-state index contributed by atoms with van der Waals surface area (Å²) in [7, 11) is 0. The number of anilines is 1. The van der Waals surface area contributed by atoms with Crippen molar-refractivity contribution in [3.63, 3.8) is 0 Å². The number of hydrogen-bond donors (Lipinski definition) is 3. The highest BCUT2D eigenvalue weighted by molar-refractivity contribution is 5.97. The maximum absolute atomic E-state index is 12.2. The van der Waals surface area contributed by atoms with Crippen LogP contribution < -0.4 is 16.4 Å². The summed E-state index contributed by atoms with van der Waals surface area (Å²) < 4.78 is 0. The number of likely N-dealkylation sites (tertiary alicyclic amines) is 1. The average Bonchev–Trinajstić information content (AvgIpc) is 2.89. The van der Waals surface area contributed by atoms with E-state index in [4.69, 9.17) is 5.73 Å². The molecule has 1 fully saturated rings. The number of rotatable bonds is 6. The third-order valence-electron chi connectivity index (χ3n) is 4.24. The van der Waals surface area contributed by atoms with Crippen LogP contribution in [0.2, 0.25) is 0 Å². The van der Waals surface area contributed by atoms with Crippen molar-refractivity contribution in [2.75, 3.05) is 38.0 Å². The van der Waals surface area contributed by atoms with Gasteiger partial charge in [0.05, 0.1) is 6.54 Å². The standard InChI is InChI=1S/C17H26N4O2/c1-3-19-16(23)13-5-4-6-14(9-13)20-15(22)10-21-8-7-17(2,11-18)12-21/h4-6,9H,3,7-8,10-12,18H2,1-2H3,(H,19,23)(H,20,22). The molecule has 1 heterocycles. The molecule has 23 heavy (non-hydrogen) atoms. The number of hydrogen-bond acceptors (Lipinski definition) is 4. The van der Waals surface area contributed by atoms with Gasteiger partial charge in [0.15, 0.2) is 0 Å². The van der Waals surface area contributed by atoms with Crippen LogP contribution in [0.25, 0.3) is 0 Å². The quantitative estimate of drug-likeness (QED) is 0.731. The van der Waals surface area contributed by atoms with Crippen molar-refractivity contribution < 1.29 is 9.59 Å². The Morgan fingerprint density at radius 2 is 2.17 bits per heavy atom. The summed E-state index contributed by atoms with van der Waals surface area (Å²) in [6, 6.07) is 6.97. The minimum absolute atomic E-state index is 0.0701. The molecule has 1 aromatic rings. The highest BCUT2D eigenvalue weighted by Gasteiger charge is 2.33. The molecule has 0 aliphatic carbocycles. The van der Waals surface area contributed by atoms with Crippen LogP contribution in [-0.4, -0.2) is 49.4 Å². The first-order valence-corrected chi connectivity index (χ1v) is 8.06. The van der Waals surface area contributed by atoms with Crippen LogP contribution in [-0.2, 0) is 4.79 Å². The second-order valence-electron chi connectivity index (χ2n) is 6.46. The highest BCUT2D eigenvalue weighted by Crippen LogP contribution is 2.28. The first-order valence-electron chi connectivity index (χ1n) is 8.06. The number of carbonyl (C=O) groups excluding carboxylic acids is 2. The number of nitrogens with zero attached hydrogens (tertiary/aromatic N) is 1. The monoisotopic (exact) mass is 318 g/mol. The lowest BCUT2D eigenvalue weighted by atomic mass is 9.90. The van der Waals surface area contributed by atoms with Gasteiger partial charge < -0.3 is 16.4 Å². The molecular formula is C17H26N4O2. The van der Waals surface area contributed by atoms with E-state index in [1.54, 1.807) is 24.3 Å². The number of nitrogens with two attached hydrogens (primary N) is 1. The Hall–Kier alpha value is -1.92. The van der Waals surface area contributed by atoms with Gasteiger partial charge >= 0.3 is 0 Å². The molecule has 6 nitrogen and oxygen atoms in total. The Morgan fingerprint density at radius 3 is 2.83 bits per heavy atom. The van der Waals surface area contributed by atoms with Gasteiger partial charge in [-0.2, -0.15) is 0 Å². The fraction of sp³-hybridized carbons (Fsp3) is 0.529. The van der Waals surface area contributed by atoms with E-state index in [1.165, 1.54) is 0 Å². The Balaban J connectivity index is 1.91. The van der Waals surface area contributed by atoms with E-state index in [9.17, 15) is 9.59 Å². The minimum Gasteiger partial charge on any atom is -0.352 e. The van der Waals surface area contributed by atoms with Crippen LogP contribution in [0.4, 0.5) is 5.69 Å². The Kier molecular flexibility index (Phi) is 5.74. The third-order valence-corrected chi connectivity index (χ3v) is 4.24. The first-order chi connectivity index (χ1) is 11.0. The lowest BCUT2D eigenvalue weighted by molar-refractivity contribution is -0.117. The second kappa shape index (κ2) is 7.57. The van der Waals surface area contributed by atoms with Gasteiger partial charge in [0.2, 0.25) is 5.91 Å². The summed E-state index contributed by atoms with van der Waals surface area (Å²) in [5, 5.41) is 5.60. The number of nitrogens with one attached hydrogen (secondary N) is 2. The van der Waals surface area contributed by atoms with Gasteiger partial charge in [-0.3, -0.25) is 14.5 Å². The van der Waals surface area contributed by atoms with E-state index >= 15 is 0 Å². The van der Waals surface area contributed by atoms with Crippen LogP contribution in [0.5, 0.6) is 0 Å². The van der Waals surface area contributed by atoms with Gasteiger partial charge in [0.1, 0.15) is 0 Å². The van der Waals surface area contributed by atoms with Crippen molar-refractivity contribution in [2.24, 2.45) is 11.1 Å². The molecule has 0 saturated carbocycles. The van der Waals surface area contributed by atoms with Crippen LogP contribution in [0, 0.1) is 5.41 Å². The Bertz CT molecular complexity index is 575. The molecule has 0 spiro atoms. The number of benzene rings is 1. The largest absolute Gasteiger partial charge is 0.352 e. The summed E-state index contributed by atoms with van der Waals surface area (Å²) in [6.45, 7) is 7.32. The van der Waals surface area contributed by atoms with Crippen LogP contribution in [0.3, 0.4) is 0 Å². The molecule has 1 saturated heterocycles. The smallest absolute Gasteiger partial charge is 0.251 e. The molecule has 1 aliphatic rings. The third kappa shape index (κ3) is 4.77. The van der Waals surface area contributed by atoms with Gasteiger partial charge in [-0.05, 0) is 50.0 Å². The van der Waals surface area contributed by atoms with Crippen molar-refractivity contribution in [1.29, 1.82) is 0 Å². The van der Waals surface area contributed by atoms with E-state index in [0.29, 0.717) is 30.9 Å². The van der Waals surface area contributed by atoms with Crippen molar-refractivity contribution in [2.45, 2.75) is 20.3 Å². The van der Waals surface area contributed by atoms with Gasteiger partial charge in [0, 0.05) is 24.3 Å². The maximum Gasteiger partial charge on any atom is 0.251 e. The van der Waals surface area contributed by atoms with Crippen molar-refractivity contribution in [1.82, 2.24) is 10.2 Å². The van der Waals surface area contributed by atoms with E-state index in [0.717, 1.165) is 19.5 Å². The maximum atomic E-state index is 12.2. The molecule has 0 aromatic heterocycles. The molecule has 0 radical (unpaired) electrons. The second-order valence-corrected chi connectivity index (χ2v) is 6.46.